The monoisotopic (exact) mass is 296 g/mol. The maximum Gasteiger partial charge on any atom is 0.0868 e. The summed E-state index contributed by atoms with van der Waals surface area (Å²) in [7, 11) is 0. The van der Waals surface area contributed by atoms with Gasteiger partial charge in [-0.2, -0.15) is 0 Å². The van der Waals surface area contributed by atoms with E-state index >= 15 is 0 Å². The van der Waals surface area contributed by atoms with Crippen LogP contribution in [0.15, 0.2) is 54.6 Å². The number of aliphatic hydroxyl groups excluding tert-OH is 1. The minimum atomic E-state index is -0.335. The lowest BCUT2D eigenvalue weighted by molar-refractivity contribution is 0.0562. The highest BCUT2D eigenvalue weighted by Crippen LogP contribution is 2.19. The molecule has 116 valence electrons. The van der Waals surface area contributed by atoms with Crippen LogP contribution in [0.2, 0.25) is 0 Å². The number of β-amino-alcohol motifs (C(OH)–C–C–N with tert-alkyl or cyclic N) is 1. The molecule has 1 heterocycles. The van der Waals surface area contributed by atoms with Gasteiger partial charge in [0, 0.05) is 25.3 Å². The Morgan fingerprint density at radius 1 is 1.14 bits per heavy atom. The number of benzene rings is 2. The number of nitrogens with one attached hydrogen (secondary N) is 1. The smallest absolute Gasteiger partial charge is 0.0868 e. The minimum absolute atomic E-state index is 0.133. The van der Waals surface area contributed by atoms with Crippen molar-refractivity contribution in [1.29, 1.82) is 0 Å². The highest BCUT2D eigenvalue weighted by atomic mass is 16.3. The van der Waals surface area contributed by atoms with Crippen molar-refractivity contribution in [3.63, 3.8) is 0 Å². The molecule has 0 aromatic heterocycles. The van der Waals surface area contributed by atoms with Crippen molar-refractivity contribution in [2.45, 2.75) is 32.0 Å². The summed E-state index contributed by atoms with van der Waals surface area (Å²) in [6.07, 6.45) is 0.625. The van der Waals surface area contributed by atoms with Crippen LogP contribution < -0.4 is 5.32 Å². The fourth-order valence-corrected chi connectivity index (χ4v) is 3.10. The number of hydrogen-bond acceptors (Lipinski definition) is 3. The van der Waals surface area contributed by atoms with Crippen LogP contribution in [-0.2, 0) is 6.54 Å². The third-order valence-corrected chi connectivity index (χ3v) is 4.29. The molecule has 0 amide bonds. The van der Waals surface area contributed by atoms with Crippen LogP contribution in [0.5, 0.6) is 0 Å². The average Bonchev–Trinajstić information content (AvgIpc) is 2.51. The van der Waals surface area contributed by atoms with E-state index in [1.165, 1.54) is 11.1 Å². The number of nitrogens with zero attached hydrogens (tertiary/aromatic N) is 1. The summed E-state index contributed by atoms with van der Waals surface area (Å²) in [5.74, 6) is 0. The van der Waals surface area contributed by atoms with Crippen molar-refractivity contribution < 1.29 is 5.11 Å². The van der Waals surface area contributed by atoms with E-state index in [1.54, 1.807) is 0 Å². The first kappa shape index (κ1) is 15.1. The number of rotatable bonds is 4. The van der Waals surface area contributed by atoms with E-state index in [4.69, 9.17) is 0 Å². The molecule has 2 N–H and O–H groups in total. The van der Waals surface area contributed by atoms with E-state index in [0.29, 0.717) is 0 Å². The molecule has 2 atom stereocenters. The summed E-state index contributed by atoms with van der Waals surface area (Å²) in [6, 6.07) is 18.9. The second kappa shape index (κ2) is 6.95. The first-order valence-electron chi connectivity index (χ1n) is 7.98. The van der Waals surface area contributed by atoms with Crippen LogP contribution in [0.25, 0.3) is 0 Å². The molecule has 1 aliphatic heterocycles. The van der Waals surface area contributed by atoms with Crippen molar-refractivity contribution in [2.75, 3.05) is 18.4 Å². The summed E-state index contributed by atoms with van der Waals surface area (Å²) in [4.78, 5) is 2.33. The first-order chi connectivity index (χ1) is 10.7. The van der Waals surface area contributed by atoms with Gasteiger partial charge in [0.2, 0.25) is 0 Å². The van der Waals surface area contributed by atoms with Gasteiger partial charge in [0.1, 0.15) is 0 Å². The molecule has 3 nitrogen and oxygen atoms in total. The van der Waals surface area contributed by atoms with Gasteiger partial charge in [0.05, 0.1) is 12.1 Å². The molecule has 1 aliphatic rings. The van der Waals surface area contributed by atoms with Gasteiger partial charge in [-0.15, -0.1) is 0 Å². The van der Waals surface area contributed by atoms with Crippen molar-refractivity contribution in [1.82, 2.24) is 4.90 Å². The zero-order valence-corrected chi connectivity index (χ0v) is 13.1. The van der Waals surface area contributed by atoms with Gasteiger partial charge in [0.25, 0.3) is 0 Å². The highest BCUT2D eigenvalue weighted by Gasteiger charge is 2.27. The molecule has 2 aromatic carbocycles. The number of anilines is 1. The molecule has 0 aliphatic carbocycles. The summed E-state index contributed by atoms with van der Waals surface area (Å²) in [5, 5.41) is 13.9. The summed E-state index contributed by atoms with van der Waals surface area (Å²) in [6.45, 7) is 4.73. The van der Waals surface area contributed by atoms with Gasteiger partial charge in [-0.05, 0) is 36.6 Å². The molecule has 0 radical (unpaired) electrons. The van der Waals surface area contributed by atoms with Crippen molar-refractivity contribution >= 4 is 5.69 Å². The number of piperidine rings is 1. The molecule has 2 aromatic rings. The van der Waals surface area contributed by atoms with Crippen LogP contribution >= 0.6 is 0 Å². The van der Waals surface area contributed by atoms with Crippen molar-refractivity contribution in [2.24, 2.45) is 0 Å². The van der Waals surface area contributed by atoms with Crippen LogP contribution in [0, 0.1) is 6.92 Å². The van der Waals surface area contributed by atoms with Crippen molar-refractivity contribution in [3.05, 3.63) is 65.7 Å². The Morgan fingerprint density at radius 3 is 2.68 bits per heavy atom. The lowest BCUT2D eigenvalue weighted by atomic mass is 10.0. The SMILES string of the molecule is Cc1cccc(N[C@@H]2CCN(Cc3ccccc3)C[C@H]2O)c1. The van der Waals surface area contributed by atoms with Gasteiger partial charge in [0.15, 0.2) is 0 Å². The number of hydrogen-bond donors (Lipinski definition) is 2. The molecule has 0 spiro atoms. The Hall–Kier alpha value is -1.84. The Labute approximate surface area is 132 Å². The first-order valence-corrected chi connectivity index (χ1v) is 7.98. The van der Waals surface area contributed by atoms with E-state index in [1.807, 2.05) is 6.07 Å². The zero-order valence-electron chi connectivity index (χ0n) is 13.1. The van der Waals surface area contributed by atoms with Gasteiger partial charge in [-0.1, -0.05) is 42.5 Å². The van der Waals surface area contributed by atoms with Crippen LogP contribution in [0.3, 0.4) is 0 Å². The zero-order chi connectivity index (χ0) is 15.4. The summed E-state index contributed by atoms with van der Waals surface area (Å²) >= 11 is 0. The fraction of sp³-hybridized carbons (Fsp3) is 0.368. The molecule has 1 fully saturated rings. The molecular formula is C19H24N2O. The lowest BCUT2D eigenvalue weighted by Gasteiger charge is -2.36. The van der Waals surface area contributed by atoms with E-state index < -0.39 is 0 Å². The van der Waals surface area contributed by atoms with E-state index in [0.717, 1.165) is 31.7 Å². The Kier molecular flexibility index (Phi) is 4.76. The second-order valence-electron chi connectivity index (χ2n) is 6.20. The minimum Gasteiger partial charge on any atom is -0.390 e. The quantitative estimate of drug-likeness (QED) is 0.910. The standard InChI is InChI=1S/C19H24N2O/c1-15-6-5-9-17(12-15)20-18-10-11-21(14-19(18)22)13-16-7-3-2-4-8-16/h2-9,12,18-20,22H,10-11,13-14H2,1H3/t18-,19-/m1/s1. The molecule has 3 heteroatoms. The number of aliphatic hydroxyl groups is 1. The molecule has 0 bridgehead atoms. The molecule has 1 saturated heterocycles. The predicted molar refractivity (Wildman–Crippen MR) is 90.9 cm³/mol. The molecule has 0 saturated carbocycles. The number of aryl methyl sites for hydroxylation is 1. The predicted octanol–water partition coefficient (Wildman–Crippen LogP) is 3.04. The van der Waals surface area contributed by atoms with Gasteiger partial charge in [-0.3, -0.25) is 4.90 Å². The molecule has 3 rings (SSSR count). The maximum atomic E-state index is 10.4. The molecular weight excluding hydrogens is 272 g/mol. The third kappa shape index (κ3) is 3.87. The van der Waals surface area contributed by atoms with E-state index in [-0.39, 0.29) is 12.1 Å². The summed E-state index contributed by atoms with van der Waals surface area (Å²) < 4.78 is 0. The van der Waals surface area contributed by atoms with Crippen LogP contribution in [0.4, 0.5) is 5.69 Å². The van der Waals surface area contributed by atoms with Crippen LogP contribution in [-0.4, -0.2) is 35.2 Å². The van der Waals surface area contributed by atoms with E-state index in [9.17, 15) is 5.11 Å². The van der Waals surface area contributed by atoms with Crippen LogP contribution in [0.1, 0.15) is 17.5 Å². The second-order valence-corrected chi connectivity index (χ2v) is 6.20. The number of likely N-dealkylation sites (tertiary alicyclic amines) is 1. The Morgan fingerprint density at radius 2 is 1.95 bits per heavy atom. The normalized spacial score (nSPS) is 22.5. The van der Waals surface area contributed by atoms with E-state index in [2.05, 4.69) is 65.7 Å². The van der Waals surface area contributed by atoms with Gasteiger partial charge >= 0.3 is 0 Å². The Bertz CT molecular complexity index is 599. The molecule has 0 unspecified atom stereocenters. The average molecular weight is 296 g/mol. The summed E-state index contributed by atoms with van der Waals surface area (Å²) in [5.41, 5.74) is 3.64. The lowest BCUT2D eigenvalue weighted by Crippen LogP contribution is -2.49. The fourth-order valence-electron chi connectivity index (χ4n) is 3.10. The Balaban J connectivity index is 1.56. The topological polar surface area (TPSA) is 35.5 Å². The van der Waals surface area contributed by atoms with Gasteiger partial charge in [-0.25, -0.2) is 0 Å². The third-order valence-electron chi connectivity index (χ3n) is 4.29. The maximum absolute atomic E-state index is 10.4. The highest BCUT2D eigenvalue weighted by molar-refractivity contribution is 5.46. The molecule has 22 heavy (non-hydrogen) atoms. The largest absolute Gasteiger partial charge is 0.390 e. The van der Waals surface area contributed by atoms with Gasteiger partial charge < -0.3 is 10.4 Å². The van der Waals surface area contributed by atoms with Crippen molar-refractivity contribution in [3.8, 4) is 0 Å².